The van der Waals surface area contributed by atoms with Gasteiger partial charge in [0.1, 0.15) is 6.10 Å². The maximum atomic E-state index is 13.0. The molecule has 1 aromatic heterocycles. The van der Waals surface area contributed by atoms with E-state index in [4.69, 9.17) is 4.74 Å². The number of ether oxygens (including phenoxy) is 1. The normalized spacial score (nSPS) is 21.7. The summed E-state index contributed by atoms with van der Waals surface area (Å²) in [6.45, 7) is 5.44. The number of hydrogen-bond donors (Lipinski definition) is 1. The topological polar surface area (TPSA) is 78.8 Å². The third-order valence-corrected chi connectivity index (χ3v) is 5.31. The van der Waals surface area contributed by atoms with Gasteiger partial charge in [-0.05, 0) is 26.7 Å². The Morgan fingerprint density at radius 3 is 2.26 bits per heavy atom. The molecule has 2 fully saturated rings. The third-order valence-electron chi connectivity index (χ3n) is 5.31. The molecule has 2 aliphatic heterocycles. The minimum Gasteiger partial charge on any atom is -0.446 e. The van der Waals surface area contributed by atoms with E-state index in [1.165, 1.54) is 0 Å². The Morgan fingerprint density at radius 2 is 1.71 bits per heavy atom. The molecule has 0 radical (unpaired) electrons. The minimum absolute atomic E-state index is 0.0259. The van der Waals surface area contributed by atoms with Gasteiger partial charge in [0.15, 0.2) is 5.82 Å². The first-order valence-electron chi connectivity index (χ1n) is 10.7. The number of nitrogens with zero attached hydrogens (tertiary/aromatic N) is 4. The van der Waals surface area contributed by atoms with Crippen molar-refractivity contribution in [3.05, 3.63) is 54.6 Å². The summed E-state index contributed by atoms with van der Waals surface area (Å²) in [6.07, 6.45) is 4.68. The fourth-order valence-corrected chi connectivity index (χ4v) is 3.92. The van der Waals surface area contributed by atoms with Crippen molar-refractivity contribution in [1.29, 1.82) is 0 Å². The zero-order chi connectivity index (χ0) is 22.3. The van der Waals surface area contributed by atoms with Crippen molar-refractivity contribution in [2.75, 3.05) is 24.5 Å². The van der Waals surface area contributed by atoms with Gasteiger partial charge in [-0.3, -0.25) is 0 Å². The average Bonchev–Trinajstić information content (AvgIpc) is 2.75. The van der Waals surface area contributed by atoms with E-state index in [1.807, 2.05) is 41.3 Å². The Labute approximate surface area is 182 Å². The zero-order valence-electron chi connectivity index (χ0n) is 18.2. The van der Waals surface area contributed by atoms with Crippen LogP contribution in [0.4, 0.5) is 15.1 Å². The van der Waals surface area contributed by atoms with E-state index in [-0.39, 0.29) is 18.2 Å². The number of carbonyl (C=O) groups is 1. The maximum Gasteiger partial charge on any atom is 0.410 e. The van der Waals surface area contributed by atoms with Gasteiger partial charge in [-0.1, -0.05) is 36.4 Å². The number of amides is 1. The van der Waals surface area contributed by atoms with Gasteiger partial charge in [-0.2, -0.15) is 0 Å². The number of aliphatic hydroxyl groups is 1. The molecular weight excluding hydrogens is 399 g/mol. The largest absolute Gasteiger partial charge is 0.446 e. The second-order valence-electron chi connectivity index (χ2n) is 8.60. The van der Waals surface area contributed by atoms with Crippen LogP contribution < -0.4 is 4.90 Å². The summed E-state index contributed by atoms with van der Waals surface area (Å²) in [7, 11) is 0. The van der Waals surface area contributed by atoms with Crippen molar-refractivity contribution >= 4 is 12.0 Å². The van der Waals surface area contributed by atoms with Crippen LogP contribution in [-0.2, 0) is 4.74 Å². The molecule has 1 amide bonds. The van der Waals surface area contributed by atoms with E-state index in [1.54, 1.807) is 18.7 Å². The molecule has 8 heteroatoms. The molecule has 1 unspecified atom stereocenters. The van der Waals surface area contributed by atoms with Crippen molar-refractivity contribution in [2.24, 2.45) is 0 Å². The fraction of sp³-hybridized carbons (Fsp3) is 0.522. The van der Waals surface area contributed by atoms with Crippen LogP contribution in [0.25, 0.3) is 0 Å². The third kappa shape index (κ3) is 7.17. The quantitative estimate of drug-likeness (QED) is 0.798. The van der Waals surface area contributed by atoms with Crippen LogP contribution in [0.3, 0.4) is 0 Å². The predicted octanol–water partition coefficient (Wildman–Crippen LogP) is 3.64. The first kappa shape index (κ1) is 22.9. The lowest BCUT2D eigenvalue weighted by molar-refractivity contribution is -0.0327. The highest BCUT2D eigenvalue weighted by Crippen LogP contribution is 2.26. The fourth-order valence-electron chi connectivity index (χ4n) is 3.92. The molecule has 1 aromatic carbocycles. The van der Waals surface area contributed by atoms with Gasteiger partial charge in [-0.15, -0.1) is 0 Å². The molecule has 2 aromatic rings. The Hall–Kier alpha value is -2.74. The lowest BCUT2D eigenvalue weighted by Gasteiger charge is -2.42. The number of halogens is 1. The number of anilines is 1. The molecule has 2 atom stereocenters. The van der Waals surface area contributed by atoms with Gasteiger partial charge < -0.3 is 19.6 Å². The van der Waals surface area contributed by atoms with Gasteiger partial charge in [0.2, 0.25) is 5.95 Å². The highest BCUT2D eigenvalue weighted by molar-refractivity contribution is 5.69. The molecular formula is C23H31FN4O3. The molecule has 7 nitrogen and oxygen atoms in total. The molecule has 0 saturated carbocycles. The molecule has 31 heavy (non-hydrogen) atoms. The number of aromatic nitrogens is 2. The van der Waals surface area contributed by atoms with Gasteiger partial charge in [-0.25, -0.2) is 19.2 Å². The molecule has 0 aliphatic carbocycles. The van der Waals surface area contributed by atoms with E-state index in [2.05, 4.69) is 9.97 Å². The SMILES string of the molecule is CC(C)(O)C[C@@H]1CCN(C2CCCN(c3ncc(F)cn3)C2)C(=O)O1.c1ccccc1. The van der Waals surface area contributed by atoms with Gasteiger partial charge in [0.25, 0.3) is 0 Å². The monoisotopic (exact) mass is 430 g/mol. The molecule has 0 spiro atoms. The molecule has 4 rings (SSSR count). The van der Waals surface area contributed by atoms with Crippen LogP contribution in [0, 0.1) is 5.82 Å². The summed E-state index contributed by atoms with van der Waals surface area (Å²) >= 11 is 0. The summed E-state index contributed by atoms with van der Waals surface area (Å²) in [4.78, 5) is 24.2. The number of benzene rings is 1. The van der Waals surface area contributed by atoms with Crippen LogP contribution in [0.15, 0.2) is 48.8 Å². The molecule has 2 aliphatic rings. The van der Waals surface area contributed by atoms with Gasteiger partial charge in [0, 0.05) is 32.5 Å². The highest BCUT2D eigenvalue weighted by atomic mass is 19.1. The number of hydrogen-bond acceptors (Lipinski definition) is 6. The number of rotatable bonds is 4. The van der Waals surface area contributed by atoms with E-state index < -0.39 is 11.4 Å². The summed E-state index contributed by atoms with van der Waals surface area (Å²) in [5, 5.41) is 9.90. The summed E-state index contributed by atoms with van der Waals surface area (Å²) in [6, 6.07) is 12.0. The minimum atomic E-state index is -0.853. The molecule has 1 N–H and O–H groups in total. The summed E-state index contributed by atoms with van der Waals surface area (Å²) in [5.41, 5.74) is -0.853. The first-order valence-corrected chi connectivity index (χ1v) is 10.7. The van der Waals surface area contributed by atoms with E-state index in [0.29, 0.717) is 31.9 Å². The van der Waals surface area contributed by atoms with Crippen molar-refractivity contribution in [3.63, 3.8) is 0 Å². The van der Waals surface area contributed by atoms with Crippen molar-refractivity contribution in [1.82, 2.24) is 14.9 Å². The van der Waals surface area contributed by atoms with E-state index >= 15 is 0 Å². The average molecular weight is 431 g/mol. The smallest absolute Gasteiger partial charge is 0.410 e. The molecule has 3 heterocycles. The molecule has 0 bridgehead atoms. The standard InChI is InChI=1S/C17H25FN4O3.C6H6/c1-17(2,24)8-14-5-7-22(16(23)25-14)13-4-3-6-21(11-13)15-19-9-12(18)10-20-15;1-2-4-6-5-3-1/h9-10,13-14,24H,3-8,11H2,1-2H3;1-6H/t13?,14-;/m0./s1. The van der Waals surface area contributed by atoms with E-state index in [0.717, 1.165) is 31.8 Å². The Kier molecular flexibility index (Phi) is 7.79. The second-order valence-corrected chi connectivity index (χ2v) is 8.60. The maximum absolute atomic E-state index is 13.0. The lowest BCUT2D eigenvalue weighted by atomic mass is 9.97. The van der Waals surface area contributed by atoms with Crippen LogP contribution in [0.5, 0.6) is 0 Å². The zero-order valence-corrected chi connectivity index (χ0v) is 18.2. The predicted molar refractivity (Wildman–Crippen MR) is 116 cm³/mol. The molecule has 168 valence electrons. The highest BCUT2D eigenvalue weighted by Gasteiger charge is 2.36. The summed E-state index contributed by atoms with van der Waals surface area (Å²) < 4.78 is 18.5. The van der Waals surface area contributed by atoms with Crippen molar-refractivity contribution in [2.45, 2.75) is 57.3 Å². The van der Waals surface area contributed by atoms with Crippen LogP contribution >= 0.6 is 0 Å². The van der Waals surface area contributed by atoms with Crippen molar-refractivity contribution in [3.8, 4) is 0 Å². The van der Waals surface area contributed by atoms with Crippen molar-refractivity contribution < 1.29 is 19.0 Å². The van der Waals surface area contributed by atoms with Gasteiger partial charge >= 0.3 is 6.09 Å². The Balaban J connectivity index is 0.000000391. The Bertz CT molecular complexity index is 787. The lowest BCUT2D eigenvalue weighted by Crippen LogP contribution is -2.54. The first-order chi connectivity index (χ1) is 14.8. The number of cyclic esters (lactones) is 1. The number of piperidine rings is 1. The van der Waals surface area contributed by atoms with Crippen LogP contribution in [0.1, 0.15) is 39.5 Å². The van der Waals surface area contributed by atoms with E-state index in [9.17, 15) is 14.3 Å². The van der Waals surface area contributed by atoms with Crippen LogP contribution in [-0.4, -0.2) is 63.4 Å². The molecule has 2 saturated heterocycles. The Morgan fingerprint density at radius 1 is 1.10 bits per heavy atom. The summed E-state index contributed by atoms with van der Waals surface area (Å²) in [5.74, 6) is 0.0196. The number of carbonyl (C=O) groups excluding carboxylic acids is 1. The second kappa shape index (κ2) is 10.5. The van der Waals surface area contributed by atoms with Crippen LogP contribution in [0.2, 0.25) is 0 Å². The van der Waals surface area contributed by atoms with Gasteiger partial charge in [0.05, 0.1) is 24.0 Å².